The van der Waals surface area contributed by atoms with Gasteiger partial charge in [0.05, 0.1) is 29.1 Å². The van der Waals surface area contributed by atoms with Gasteiger partial charge in [-0.15, -0.1) is 0 Å². The lowest BCUT2D eigenvalue weighted by atomic mass is 9.92. The maximum absolute atomic E-state index is 13.8. The van der Waals surface area contributed by atoms with Crippen molar-refractivity contribution in [2.24, 2.45) is 5.92 Å². The third kappa shape index (κ3) is 8.49. The van der Waals surface area contributed by atoms with Crippen molar-refractivity contribution in [1.82, 2.24) is 30.2 Å². The highest BCUT2D eigenvalue weighted by Crippen LogP contribution is 2.33. The maximum atomic E-state index is 13.8. The largest absolute Gasteiger partial charge is 0.416 e. The standard InChI is InChI=1S/C43H47F3N8O5/c1-50-25-36(48-26-50)34-22-29(4-9-35(34)47-24-28-2-5-30(6-3-28)43(44,45)46)40(57)53-16-13-27(14-17-53)12-15-51-18-20-52(21-19-51)31-7-8-32-33(23-31)42(59)54(41(32)58)37-10-11-38(55)49-39(37)56/h2-9,22-23,25,27,37,47-48H,10-21,24,26H2,1H3,(H,49,55,56). The molecule has 310 valence electrons. The summed E-state index contributed by atoms with van der Waals surface area (Å²) in [5.41, 5.74) is 4.45. The highest BCUT2D eigenvalue weighted by Gasteiger charge is 2.45. The van der Waals surface area contributed by atoms with Crippen molar-refractivity contribution in [3.05, 3.63) is 100 Å². The predicted octanol–water partition coefficient (Wildman–Crippen LogP) is 4.57. The fourth-order valence-electron chi connectivity index (χ4n) is 8.61. The quantitative estimate of drug-likeness (QED) is 0.250. The Kier molecular flexibility index (Phi) is 11.1. The summed E-state index contributed by atoms with van der Waals surface area (Å²) in [7, 11) is 1.95. The number of fused-ring (bicyclic) bond motifs is 1. The first-order valence-corrected chi connectivity index (χ1v) is 20.1. The van der Waals surface area contributed by atoms with Crippen LogP contribution in [0.4, 0.5) is 24.5 Å². The first-order valence-electron chi connectivity index (χ1n) is 20.1. The van der Waals surface area contributed by atoms with Crippen LogP contribution in [0, 0.1) is 5.92 Å². The van der Waals surface area contributed by atoms with Crippen LogP contribution >= 0.6 is 0 Å². The van der Waals surface area contributed by atoms with Gasteiger partial charge in [-0.1, -0.05) is 12.1 Å². The van der Waals surface area contributed by atoms with Crippen LogP contribution in [0.1, 0.15) is 79.9 Å². The molecule has 0 saturated carbocycles. The van der Waals surface area contributed by atoms with Crippen LogP contribution in [0.5, 0.6) is 0 Å². The van der Waals surface area contributed by atoms with E-state index in [0.29, 0.717) is 43.3 Å². The maximum Gasteiger partial charge on any atom is 0.416 e. The molecule has 0 radical (unpaired) electrons. The van der Waals surface area contributed by atoms with Crippen LogP contribution in [0.2, 0.25) is 0 Å². The number of rotatable bonds is 10. The number of anilines is 2. The van der Waals surface area contributed by atoms with Gasteiger partial charge >= 0.3 is 6.18 Å². The number of piperidine rings is 2. The Morgan fingerprint density at radius 3 is 2.24 bits per heavy atom. The molecule has 1 unspecified atom stereocenters. The molecule has 5 aliphatic heterocycles. The Balaban J connectivity index is 0.813. The van der Waals surface area contributed by atoms with E-state index < -0.39 is 41.4 Å². The SMILES string of the molecule is CN1C=C(c2cc(C(=O)N3CCC(CCN4CCN(c5ccc6c(c5)C(=O)N(C5CCC(=O)NC5=O)C6=O)CC4)CC3)ccc2NCc2ccc(C(F)(F)F)cc2)NC1. The third-order valence-electron chi connectivity index (χ3n) is 12.1. The number of nitrogens with zero attached hydrogens (tertiary/aromatic N) is 5. The topological polar surface area (TPSA) is 138 Å². The predicted molar refractivity (Wildman–Crippen MR) is 214 cm³/mol. The van der Waals surface area contributed by atoms with Gasteiger partial charge < -0.3 is 25.3 Å². The van der Waals surface area contributed by atoms with Crippen molar-refractivity contribution in [3.8, 4) is 0 Å². The van der Waals surface area contributed by atoms with Crippen molar-refractivity contribution >= 4 is 46.6 Å². The van der Waals surface area contributed by atoms with Gasteiger partial charge in [-0.25, -0.2) is 0 Å². The van der Waals surface area contributed by atoms with E-state index in [1.807, 2.05) is 47.3 Å². The molecule has 3 saturated heterocycles. The van der Waals surface area contributed by atoms with Gasteiger partial charge in [-0.3, -0.25) is 39.1 Å². The second-order valence-corrected chi connectivity index (χ2v) is 16.0. The molecule has 3 aromatic rings. The first-order chi connectivity index (χ1) is 28.3. The lowest BCUT2D eigenvalue weighted by Gasteiger charge is -2.38. The number of benzene rings is 3. The van der Waals surface area contributed by atoms with Gasteiger partial charge in [-0.05, 0) is 92.2 Å². The molecular weight excluding hydrogens is 766 g/mol. The molecule has 0 spiro atoms. The monoisotopic (exact) mass is 812 g/mol. The molecule has 3 aromatic carbocycles. The molecule has 5 amide bonds. The Morgan fingerprint density at radius 2 is 1.56 bits per heavy atom. The summed E-state index contributed by atoms with van der Waals surface area (Å²) >= 11 is 0. The second-order valence-electron chi connectivity index (χ2n) is 16.0. The van der Waals surface area contributed by atoms with Crippen molar-refractivity contribution in [2.45, 2.75) is 50.9 Å². The zero-order chi connectivity index (χ0) is 41.4. The van der Waals surface area contributed by atoms with Crippen LogP contribution in [-0.4, -0.2) is 115 Å². The Hall–Kier alpha value is -5.90. The normalized spacial score (nSPS) is 20.5. The van der Waals surface area contributed by atoms with E-state index in [9.17, 15) is 37.1 Å². The van der Waals surface area contributed by atoms with Crippen LogP contribution in [0.15, 0.2) is 66.9 Å². The van der Waals surface area contributed by atoms with Gasteiger partial charge in [0.25, 0.3) is 17.7 Å². The van der Waals surface area contributed by atoms with E-state index in [-0.39, 0.29) is 29.9 Å². The summed E-state index contributed by atoms with van der Waals surface area (Å²) in [6.45, 7) is 6.45. The lowest BCUT2D eigenvalue weighted by molar-refractivity contribution is -0.138. The van der Waals surface area contributed by atoms with E-state index in [4.69, 9.17) is 0 Å². The minimum Gasteiger partial charge on any atom is -0.380 e. The summed E-state index contributed by atoms with van der Waals surface area (Å²) in [6.07, 6.45) is 0.640. The number of carbonyl (C=O) groups excluding carboxylic acids is 5. The van der Waals surface area contributed by atoms with Crippen molar-refractivity contribution in [3.63, 3.8) is 0 Å². The number of piperazine rings is 1. The van der Waals surface area contributed by atoms with Crippen molar-refractivity contribution in [1.29, 1.82) is 0 Å². The molecule has 16 heteroatoms. The number of halogens is 3. The highest BCUT2D eigenvalue weighted by molar-refractivity contribution is 6.23. The fourth-order valence-corrected chi connectivity index (χ4v) is 8.61. The van der Waals surface area contributed by atoms with Crippen LogP contribution in [-0.2, 0) is 22.3 Å². The average molecular weight is 813 g/mol. The summed E-state index contributed by atoms with van der Waals surface area (Å²) in [5, 5.41) is 8.94. The second kappa shape index (κ2) is 16.4. The molecule has 13 nitrogen and oxygen atoms in total. The molecular formula is C43H47F3N8O5. The number of hydrogen-bond donors (Lipinski definition) is 3. The Morgan fingerprint density at radius 1 is 0.831 bits per heavy atom. The number of imide groups is 2. The Labute approximate surface area is 340 Å². The molecule has 5 heterocycles. The number of likely N-dealkylation sites (tertiary alicyclic amines) is 1. The molecule has 0 aromatic heterocycles. The Bertz CT molecular complexity index is 2180. The zero-order valence-corrected chi connectivity index (χ0v) is 32.8. The number of carbonyl (C=O) groups is 5. The van der Waals surface area contributed by atoms with E-state index >= 15 is 0 Å². The molecule has 59 heavy (non-hydrogen) atoms. The van der Waals surface area contributed by atoms with Gasteiger partial charge in [0.15, 0.2) is 0 Å². The molecule has 5 aliphatic rings. The third-order valence-corrected chi connectivity index (χ3v) is 12.1. The molecule has 0 aliphatic carbocycles. The summed E-state index contributed by atoms with van der Waals surface area (Å²) in [6, 6.07) is 14.9. The van der Waals surface area contributed by atoms with Crippen LogP contribution < -0.4 is 20.9 Å². The molecule has 3 N–H and O–H groups in total. The number of amides is 5. The van der Waals surface area contributed by atoms with Gasteiger partial charge in [0.2, 0.25) is 11.8 Å². The van der Waals surface area contributed by atoms with Gasteiger partial charge in [0, 0.05) is 88.0 Å². The molecule has 0 bridgehead atoms. The van der Waals surface area contributed by atoms with Gasteiger partial charge in [-0.2, -0.15) is 13.2 Å². The average Bonchev–Trinajstić information content (AvgIpc) is 3.78. The lowest BCUT2D eigenvalue weighted by Crippen LogP contribution is -2.54. The van der Waals surface area contributed by atoms with E-state index in [0.717, 1.165) is 91.7 Å². The highest BCUT2D eigenvalue weighted by atomic mass is 19.4. The number of nitrogens with one attached hydrogen (secondary N) is 3. The zero-order valence-electron chi connectivity index (χ0n) is 32.8. The summed E-state index contributed by atoms with van der Waals surface area (Å²) < 4.78 is 39.1. The van der Waals surface area contributed by atoms with Crippen LogP contribution in [0.3, 0.4) is 0 Å². The van der Waals surface area contributed by atoms with E-state index in [2.05, 4.69) is 25.8 Å². The summed E-state index contributed by atoms with van der Waals surface area (Å²) in [5.74, 6) is -1.57. The minimum absolute atomic E-state index is 0.0247. The number of alkyl halides is 3. The summed E-state index contributed by atoms with van der Waals surface area (Å²) in [4.78, 5) is 73.8. The number of hydrogen-bond acceptors (Lipinski definition) is 10. The minimum atomic E-state index is -4.39. The van der Waals surface area contributed by atoms with E-state index in [1.54, 1.807) is 12.1 Å². The fraction of sp³-hybridized carbons (Fsp3) is 0.419. The molecule has 8 rings (SSSR count). The van der Waals surface area contributed by atoms with Crippen molar-refractivity contribution in [2.75, 3.05) is 69.7 Å². The van der Waals surface area contributed by atoms with Crippen molar-refractivity contribution < 1.29 is 37.1 Å². The molecule has 1 atom stereocenters. The van der Waals surface area contributed by atoms with Gasteiger partial charge in [0.1, 0.15) is 6.04 Å². The van der Waals surface area contributed by atoms with Crippen LogP contribution in [0.25, 0.3) is 5.70 Å². The van der Waals surface area contributed by atoms with E-state index in [1.165, 1.54) is 12.1 Å². The smallest absolute Gasteiger partial charge is 0.380 e. The molecule has 3 fully saturated rings. The first kappa shape index (κ1) is 39.9.